The third-order valence-corrected chi connectivity index (χ3v) is 4.79. The van der Waals surface area contributed by atoms with Crippen molar-refractivity contribution in [1.29, 1.82) is 0 Å². The fourth-order valence-corrected chi connectivity index (χ4v) is 3.69. The van der Waals surface area contributed by atoms with Crippen LogP contribution in [0.25, 0.3) is 0 Å². The lowest BCUT2D eigenvalue weighted by Gasteiger charge is -2.32. The number of carbonyl (C=O) groups is 1. The van der Waals surface area contributed by atoms with Gasteiger partial charge in [0, 0.05) is 18.6 Å². The highest BCUT2D eigenvalue weighted by Crippen LogP contribution is 2.27. The minimum absolute atomic E-state index is 0.109. The van der Waals surface area contributed by atoms with Crippen molar-refractivity contribution < 1.29 is 4.79 Å². The molecule has 1 N–H and O–H groups in total. The predicted molar refractivity (Wildman–Crippen MR) is 69.4 cm³/mol. The van der Waals surface area contributed by atoms with Gasteiger partial charge >= 0.3 is 0 Å². The number of hydrogen-bond acceptors (Lipinski definition) is 3. The van der Waals surface area contributed by atoms with Gasteiger partial charge in [0.25, 0.3) is 5.91 Å². The van der Waals surface area contributed by atoms with Crippen molar-refractivity contribution >= 4 is 17.2 Å². The van der Waals surface area contributed by atoms with Gasteiger partial charge in [0.05, 0.1) is 4.88 Å². The quantitative estimate of drug-likeness (QED) is 0.872. The maximum atomic E-state index is 12.0. The summed E-state index contributed by atoms with van der Waals surface area (Å²) in [5, 5.41) is 5.17. The third kappa shape index (κ3) is 2.24. The highest BCUT2D eigenvalue weighted by molar-refractivity contribution is 7.12. The molecule has 3 heterocycles. The molecule has 0 saturated carbocycles. The smallest absolute Gasteiger partial charge is 0.261 e. The molecular weight excluding hydrogens is 232 g/mol. The molecule has 0 bridgehead atoms. The lowest BCUT2D eigenvalue weighted by Crippen LogP contribution is -2.46. The van der Waals surface area contributed by atoms with E-state index in [-0.39, 0.29) is 5.91 Å². The summed E-state index contributed by atoms with van der Waals surface area (Å²) in [7, 11) is 0. The van der Waals surface area contributed by atoms with Crippen LogP contribution in [-0.4, -0.2) is 36.0 Å². The summed E-state index contributed by atoms with van der Waals surface area (Å²) in [5.74, 6) is 0.109. The Morgan fingerprint density at radius 3 is 3.12 bits per heavy atom. The molecule has 4 heteroatoms. The Morgan fingerprint density at radius 1 is 1.35 bits per heavy atom. The standard InChI is InChI=1S/C13H18N2OS/c16-13(12-5-3-9-17-12)14-10-6-8-15-7-2-1-4-11(10)15/h3,5,9-11H,1-2,4,6-8H2,(H,14,16)/t10-,11-/m0/s1. The van der Waals surface area contributed by atoms with Gasteiger partial charge < -0.3 is 5.32 Å². The van der Waals surface area contributed by atoms with E-state index in [1.54, 1.807) is 0 Å². The van der Waals surface area contributed by atoms with Crippen LogP contribution in [0.4, 0.5) is 0 Å². The maximum Gasteiger partial charge on any atom is 0.261 e. The molecule has 0 radical (unpaired) electrons. The summed E-state index contributed by atoms with van der Waals surface area (Å²) < 4.78 is 0. The molecule has 17 heavy (non-hydrogen) atoms. The molecule has 2 saturated heterocycles. The van der Waals surface area contributed by atoms with E-state index in [1.807, 2.05) is 17.5 Å². The number of thiophene rings is 1. The summed E-state index contributed by atoms with van der Waals surface area (Å²) in [5.41, 5.74) is 0. The van der Waals surface area contributed by atoms with Crippen molar-refractivity contribution in [1.82, 2.24) is 10.2 Å². The van der Waals surface area contributed by atoms with E-state index in [9.17, 15) is 4.79 Å². The number of amides is 1. The van der Waals surface area contributed by atoms with Gasteiger partial charge in [-0.15, -0.1) is 11.3 Å². The van der Waals surface area contributed by atoms with Crippen LogP contribution in [0.5, 0.6) is 0 Å². The molecule has 0 aliphatic carbocycles. The van der Waals surface area contributed by atoms with Crippen LogP contribution in [0.2, 0.25) is 0 Å². The molecular formula is C13H18N2OS. The van der Waals surface area contributed by atoms with E-state index in [1.165, 1.54) is 37.1 Å². The Balaban J connectivity index is 1.64. The highest BCUT2D eigenvalue weighted by atomic mass is 32.1. The minimum Gasteiger partial charge on any atom is -0.347 e. The number of carbonyl (C=O) groups excluding carboxylic acids is 1. The van der Waals surface area contributed by atoms with Crippen molar-refractivity contribution in [2.45, 2.75) is 37.8 Å². The maximum absolute atomic E-state index is 12.0. The van der Waals surface area contributed by atoms with Crippen LogP contribution >= 0.6 is 11.3 Å². The van der Waals surface area contributed by atoms with Gasteiger partial charge in [-0.1, -0.05) is 12.5 Å². The molecule has 2 atom stereocenters. The van der Waals surface area contributed by atoms with E-state index < -0.39 is 0 Å². The summed E-state index contributed by atoms with van der Waals surface area (Å²) in [6.07, 6.45) is 4.99. The Kier molecular flexibility index (Phi) is 3.16. The highest BCUT2D eigenvalue weighted by Gasteiger charge is 2.36. The van der Waals surface area contributed by atoms with Crippen molar-refractivity contribution in [3.63, 3.8) is 0 Å². The van der Waals surface area contributed by atoms with Crippen LogP contribution in [0.3, 0.4) is 0 Å². The molecule has 0 unspecified atom stereocenters. The average Bonchev–Trinajstić information content (AvgIpc) is 2.98. The first-order valence-electron chi connectivity index (χ1n) is 6.43. The third-order valence-electron chi connectivity index (χ3n) is 3.92. The monoisotopic (exact) mass is 250 g/mol. The zero-order valence-corrected chi connectivity index (χ0v) is 10.7. The predicted octanol–water partition coefficient (Wildman–Crippen LogP) is 2.10. The van der Waals surface area contributed by atoms with Crippen LogP contribution < -0.4 is 5.32 Å². The Hall–Kier alpha value is -0.870. The van der Waals surface area contributed by atoms with Crippen molar-refractivity contribution in [3.8, 4) is 0 Å². The fourth-order valence-electron chi connectivity index (χ4n) is 3.06. The van der Waals surface area contributed by atoms with E-state index >= 15 is 0 Å². The fraction of sp³-hybridized carbons (Fsp3) is 0.615. The SMILES string of the molecule is O=C(N[C@H]1CCN2CCCC[C@@H]12)c1cccs1. The Bertz CT molecular complexity index is 390. The molecule has 2 aliphatic rings. The second-order valence-electron chi connectivity index (χ2n) is 4.95. The normalized spacial score (nSPS) is 28.9. The van der Waals surface area contributed by atoms with Gasteiger partial charge in [-0.25, -0.2) is 0 Å². The summed E-state index contributed by atoms with van der Waals surface area (Å²) in [6.45, 7) is 2.37. The second-order valence-corrected chi connectivity index (χ2v) is 5.89. The molecule has 0 aromatic carbocycles. The molecule has 92 valence electrons. The van der Waals surface area contributed by atoms with Gasteiger partial charge in [-0.3, -0.25) is 9.69 Å². The van der Waals surface area contributed by atoms with Gasteiger partial charge in [0.1, 0.15) is 0 Å². The number of piperidine rings is 1. The van der Waals surface area contributed by atoms with Crippen LogP contribution in [0, 0.1) is 0 Å². The molecule has 1 aromatic heterocycles. The topological polar surface area (TPSA) is 32.3 Å². The van der Waals surface area contributed by atoms with Crippen LogP contribution in [-0.2, 0) is 0 Å². The molecule has 3 rings (SSSR count). The molecule has 1 amide bonds. The van der Waals surface area contributed by atoms with E-state index in [2.05, 4.69) is 10.2 Å². The molecule has 3 nitrogen and oxygen atoms in total. The average molecular weight is 250 g/mol. The molecule has 2 fully saturated rings. The van der Waals surface area contributed by atoms with Crippen molar-refractivity contribution in [2.75, 3.05) is 13.1 Å². The van der Waals surface area contributed by atoms with E-state index in [0.717, 1.165) is 17.8 Å². The zero-order valence-electron chi connectivity index (χ0n) is 9.89. The van der Waals surface area contributed by atoms with Crippen molar-refractivity contribution in [2.24, 2.45) is 0 Å². The van der Waals surface area contributed by atoms with Crippen LogP contribution in [0.1, 0.15) is 35.4 Å². The first-order valence-corrected chi connectivity index (χ1v) is 7.31. The minimum atomic E-state index is 0.109. The van der Waals surface area contributed by atoms with Gasteiger partial charge in [-0.2, -0.15) is 0 Å². The first-order chi connectivity index (χ1) is 8.34. The lowest BCUT2D eigenvalue weighted by molar-refractivity contribution is 0.0919. The Morgan fingerprint density at radius 2 is 2.29 bits per heavy atom. The van der Waals surface area contributed by atoms with Gasteiger partial charge in [0.2, 0.25) is 0 Å². The number of nitrogens with one attached hydrogen (secondary N) is 1. The number of hydrogen-bond donors (Lipinski definition) is 1. The summed E-state index contributed by atoms with van der Waals surface area (Å²) in [6, 6.07) is 4.78. The number of fused-ring (bicyclic) bond motifs is 1. The van der Waals surface area contributed by atoms with E-state index in [4.69, 9.17) is 0 Å². The second kappa shape index (κ2) is 4.78. The van der Waals surface area contributed by atoms with Gasteiger partial charge in [0.15, 0.2) is 0 Å². The lowest BCUT2D eigenvalue weighted by atomic mass is 9.99. The zero-order chi connectivity index (χ0) is 11.7. The molecule has 2 aliphatic heterocycles. The number of nitrogens with zero attached hydrogens (tertiary/aromatic N) is 1. The van der Waals surface area contributed by atoms with Crippen LogP contribution in [0.15, 0.2) is 17.5 Å². The summed E-state index contributed by atoms with van der Waals surface area (Å²) >= 11 is 1.52. The molecule has 0 spiro atoms. The number of rotatable bonds is 2. The first kappa shape index (κ1) is 11.2. The molecule has 1 aromatic rings. The summed E-state index contributed by atoms with van der Waals surface area (Å²) in [4.78, 5) is 15.4. The Labute approximate surface area is 106 Å². The van der Waals surface area contributed by atoms with E-state index in [0.29, 0.717) is 12.1 Å². The largest absolute Gasteiger partial charge is 0.347 e. The van der Waals surface area contributed by atoms with Gasteiger partial charge in [-0.05, 0) is 37.3 Å². The van der Waals surface area contributed by atoms with Crippen molar-refractivity contribution in [3.05, 3.63) is 22.4 Å².